The number of hydrogen-bond donors (Lipinski definition) is 2. The lowest BCUT2D eigenvalue weighted by molar-refractivity contribution is 0.0737. The van der Waals surface area contributed by atoms with Crippen molar-refractivity contribution in [1.29, 1.82) is 0 Å². The minimum absolute atomic E-state index is 0.699. The number of aromatic nitrogens is 2. The van der Waals surface area contributed by atoms with Crippen LogP contribution in [0, 0.1) is 18.8 Å². The SMILES string of the molecule is Cc1cc(C(C)(C)O)nc(N2CC3CNCC3C2)n1. The predicted octanol–water partition coefficient (Wildman–Crippen LogP) is 0.668. The Labute approximate surface area is 114 Å². The fourth-order valence-electron chi connectivity index (χ4n) is 3.03. The van der Waals surface area contributed by atoms with Crippen molar-refractivity contribution in [3.05, 3.63) is 17.5 Å². The first-order valence-electron chi connectivity index (χ1n) is 6.97. The van der Waals surface area contributed by atoms with E-state index in [-0.39, 0.29) is 0 Å². The zero-order chi connectivity index (χ0) is 13.6. The van der Waals surface area contributed by atoms with Crippen molar-refractivity contribution in [2.75, 3.05) is 31.1 Å². The fourth-order valence-corrected chi connectivity index (χ4v) is 3.03. The second kappa shape index (κ2) is 4.42. The van der Waals surface area contributed by atoms with Gasteiger partial charge in [-0.2, -0.15) is 0 Å². The van der Waals surface area contributed by atoms with Gasteiger partial charge in [-0.15, -0.1) is 0 Å². The van der Waals surface area contributed by atoms with Crippen molar-refractivity contribution < 1.29 is 5.11 Å². The highest BCUT2D eigenvalue weighted by atomic mass is 16.3. The van der Waals surface area contributed by atoms with Gasteiger partial charge in [0.05, 0.1) is 5.69 Å². The van der Waals surface area contributed by atoms with E-state index in [1.807, 2.05) is 13.0 Å². The summed E-state index contributed by atoms with van der Waals surface area (Å²) in [7, 11) is 0. The van der Waals surface area contributed by atoms with Crippen LogP contribution in [0.25, 0.3) is 0 Å². The molecular formula is C14H22N4O. The summed E-state index contributed by atoms with van der Waals surface area (Å²) >= 11 is 0. The standard InChI is InChI=1S/C14H22N4O/c1-9-4-12(14(2,3)19)17-13(16-9)18-7-10-5-15-6-11(10)8-18/h4,10-11,15,19H,5-8H2,1-3H3. The molecule has 104 valence electrons. The molecule has 5 heteroatoms. The second-order valence-corrected chi connectivity index (χ2v) is 6.34. The largest absolute Gasteiger partial charge is 0.384 e. The Morgan fingerprint density at radius 3 is 2.47 bits per heavy atom. The van der Waals surface area contributed by atoms with Gasteiger partial charge in [0, 0.05) is 31.9 Å². The minimum Gasteiger partial charge on any atom is -0.384 e. The molecule has 0 saturated carbocycles. The third kappa shape index (κ3) is 2.44. The lowest BCUT2D eigenvalue weighted by atomic mass is 10.0. The molecule has 2 N–H and O–H groups in total. The molecule has 19 heavy (non-hydrogen) atoms. The molecule has 3 heterocycles. The Balaban J connectivity index is 1.87. The van der Waals surface area contributed by atoms with E-state index in [2.05, 4.69) is 20.2 Å². The summed E-state index contributed by atoms with van der Waals surface area (Å²) in [5.74, 6) is 2.20. The zero-order valence-corrected chi connectivity index (χ0v) is 11.8. The van der Waals surface area contributed by atoms with E-state index < -0.39 is 5.60 Å². The van der Waals surface area contributed by atoms with Gasteiger partial charge in [-0.1, -0.05) is 0 Å². The molecule has 0 bridgehead atoms. The number of rotatable bonds is 2. The molecule has 0 radical (unpaired) electrons. The normalized spacial score (nSPS) is 26.8. The second-order valence-electron chi connectivity index (χ2n) is 6.34. The van der Waals surface area contributed by atoms with Crippen LogP contribution >= 0.6 is 0 Å². The molecule has 5 nitrogen and oxygen atoms in total. The molecule has 0 spiro atoms. The number of hydrogen-bond acceptors (Lipinski definition) is 5. The lowest BCUT2D eigenvalue weighted by Gasteiger charge is -2.22. The van der Waals surface area contributed by atoms with Gasteiger partial charge < -0.3 is 15.3 Å². The molecule has 1 aromatic heterocycles. The Kier molecular flexibility index (Phi) is 2.98. The van der Waals surface area contributed by atoms with Crippen molar-refractivity contribution in [2.24, 2.45) is 11.8 Å². The van der Waals surface area contributed by atoms with E-state index in [4.69, 9.17) is 0 Å². The molecular weight excluding hydrogens is 240 g/mol. The summed E-state index contributed by atoms with van der Waals surface area (Å²) in [4.78, 5) is 11.4. The molecule has 1 aromatic rings. The average Bonchev–Trinajstić information content (AvgIpc) is 2.86. The summed E-state index contributed by atoms with van der Waals surface area (Å²) in [6, 6.07) is 1.86. The molecule has 2 aliphatic rings. The summed E-state index contributed by atoms with van der Waals surface area (Å²) in [5, 5.41) is 13.6. The van der Waals surface area contributed by atoms with Crippen LogP contribution in [0.5, 0.6) is 0 Å². The van der Waals surface area contributed by atoms with Crippen molar-refractivity contribution >= 4 is 5.95 Å². The van der Waals surface area contributed by atoms with E-state index in [1.165, 1.54) is 0 Å². The Hall–Kier alpha value is -1.20. The van der Waals surface area contributed by atoms with Gasteiger partial charge in [0.15, 0.2) is 0 Å². The van der Waals surface area contributed by atoms with E-state index in [1.54, 1.807) is 13.8 Å². The van der Waals surface area contributed by atoms with Crippen LogP contribution in [0.1, 0.15) is 25.2 Å². The van der Waals surface area contributed by atoms with Crippen LogP contribution in [0.4, 0.5) is 5.95 Å². The lowest BCUT2D eigenvalue weighted by Crippen LogP contribution is -2.28. The molecule has 0 aromatic carbocycles. The van der Waals surface area contributed by atoms with Gasteiger partial charge in [0.25, 0.3) is 0 Å². The quantitative estimate of drug-likeness (QED) is 0.820. The van der Waals surface area contributed by atoms with E-state index in [0.29, 0.717) is 5.69 Å². The Bertz CT molecular complexity index is 471. The molecule has 0 amide bonds. The van der Waals surface area contributed by atoms with Crippen molar-refractivity contribution in [1.82, 2.24) is 15.3 Å². The molecule has 3 rings (SSSR count). The Morgan fingerprint density at radius 1 is 1.26 bits per heavy atom. The van der Waals surface area contributed by atoms with Gasteiger partial charge in [0.2, 0.25) is 5.95 Å². The third-order valence-corrected chi connectivity index (χ3v) is 4.14. The van der Waals surface area contributed by atoms with Gasteiger partial charge in [-0.3, -0.25) is 0 Å². The van der Waals surface area contributed by atoms with E-state index in [0.717, 1.165) is 49.7 Å². The number of aliphatic hydroxyl groups is 1. The van der Waals surface area contributed by atoms with E-state index >= 15 is 0 Å². The molecule has 0 aliphatic carbocycles. The molecule has 2 atom stereocenters. The van der Waals surface area contributed by atoms with Crippen LogP contribution in [-0.2, 0) is 5.60 Å². The third-order valence-electron chi connectivity index (χ3n) is 4.14. The van der Waals surface area contributed by atoms with Crippen molar-refractivity contribution in [3.8, 4) is 0 Å². The number of aryl methyl sites for hydroxylation is 1. The van der Waals surface area contributed by atoms with Crippen LogP contribution in [-0.4, -0.2) is 41.3 Å². The van der Waals surface area contributed by atoms with Crippen LogP contribution in [0.3, 0.4) is 0 Å². The highest BCUT2D eigenvalue weighted by molar-refractivity contribution is 5.36. The van der Waals surface area contributed by atoms with Crippen molar-refractivity contribution in [2.45, 2.75) is 26.4 Å². The van der Waals surface area contributed by atoms with E-state index in [9.17, 15) is 5.11 Å². The smallest absolute Gasteiger partial charge is 0.225 e. The van der Waals surface area contributed by atoms with Gasteiger partial charge in [-0.25, -0.2) is 9.97 Å². The Morgan fingerprint density at radius 2 is 1.89 bits per heavy atom. The van der Waals surface area contributed by atoms with Crippen LogP contribution < -0.4 is 10.2 Å². The fraction of sp³-hybridized carbons (Fsp3) is 0.714. The molecule has 2 fully saturated rings. The van der Waals surface area contributed by atoms with Crippen LogP contribution in [0.15, 0.2) is 6.07 Å². The van der Waals surface area contributed by atoms with Gasteiger partial charge >= 0.3 is 0 Å². The number of nitrogens with one attached hydrogen (secondary N) is 1. The maximum Gasteiger partial charge on any atom is 0.225 e. The average molecular weight is 262 g/mol. The summed E-state index contributed by atoms with van der Waals surface area (Å²) in [5.41, 5.74) is 0.696. The maximum absolute atomic E-state index is 10.1. The predicted molar refractivity (Wildman–Crippen MR) is 74.1 cm³/mol. The summed E-state index contributed by atoms with van der Waals surface area (Å²) < 4.78 is 0. The zero-order valence-electron chi connectivity index (χ0n) is 11.8. The first-order chi connectivity index (χ1) is 8.93. The first-order valence-corrected chi connectivity index (χ1v) is 6.97. The maximum atomic E-state index is 10.1. The van der Waals surface area contributed by atoms with Crippen molar-refractivity contribution in [3.63, 3.8) is 0 Å². The highest BCUT2D eigenvalue weighted by Crippen LogP contribution is 2.29. The number of fused-ring (bicyclic) bond motifs is 1. The number of anilines is 1. The molecule has 2 aliphatic heterocycles. The summed E-state index contributed by atoms with van der Waals surface area (Å²) in [6.07, 6.45) is 0. The number of nitrogens with zero attached hydrogens (tertiary/aromatic N) is 3. The monoisotopic (exact) mass is 262 g/mol. The highest BCUT2D eigenvalue weighted by Gasteiger charge is 2.37. The van der Waals surface area contributed by atoms with Gasteiger partial charge in [-0.05, 0) is 38.7 Å². The topological polar surface area (TPSA) is 61.3 Å². The van der Waals surface area contributed by atoms with Gasteiger partial charge in [0.1, 0.15) is 5.60 Å². The minimum atomic E-state index is -0.917. The van der Waals surface area contributed by atoms with Crippen LogP contribution in [0.2, 0.25) is 0 Å². The first kappa shape index (κ1) is 12.8. The summed E-state index contributed by atoms with van der Waals surface area (Å²) in [6.45, 7) is 9.73. The molecule has 2 saturated heterocycles. The molecule has 2 unspecified atom stereocenters.